The summed E-state index contributed by atoms with van der Waals surface area (Å²) >= 11 is 11.7. The van der Waals surface area contributed by atoms with Crippen LogP contribution in [0.1, 0.15) is 15.9 Å². The Balaban J connectivity index is 2.17. The van der Waals surface area contributed by atoms with E-state index in [9.17, 15) is 4.79 Å². The summed E-state index contributed by atoms with van der Waals surface area (Å²) in [6.07, 6.45) is 0.272. The number of hydrogen-bond acceptors (Lipinski definition) is 2. The molecule has 1 N–H and O–H groups in total. The Kier molecular flexibility index (Phi) is 4.62. The van der Waals surface area contributed by atoms with E-state index in [4.69, 9.17) is 28.5 Å². The highest BCUT2D eigenvalue weighted by atomic mass is 35.5. The predicted molar refractivity (Wildman–Crippen MR) is 80.2 cm³/mol. The number of halogens is 2. The average molecular weight is 305 g/mol. The zero-order valence-electron chi connectivity index (χ0n) is 10.4. The molecule has 0 heterocycles. The molecule has 0 radical (unpaired) electrons. The van der Waals surface area contributed by atoms with Crippen molar-refractivity contribution < 1.29 is 4.79 Å². The number of rotatable bonds is 3. The minimum absolute atomic E-state index is 0.261. The van der Waals surface area contributed by atoms with Crippen molar-refractivity contribution >= 4 is 34.8 Å². The zero-order valence-corrected chi connectivity index (χ0v) is 11.9. The van der Waals surface area contributed by atoms with Gasteiger partial charge in [-0.3, -0.25) is 4.79 Å². The zero-order chi connectivity index (χ0) is 14.5. The summed E-state index contributed by atoms with van der Waals surface area (Å²) in [6, 6.07) is 13.9. The second-order valence-corrected chi connectivity index (χ2v) is 4.93. The van der Waals surface area contributed by atoms with Crippen LogP contribution in [-0.4, -0.2) is 5.91 Å². The molecule has 0 atom stereocenters. The van der Waals surface area contributed by atoms with E-state index >= 15 is 0 Å². The molecule has 2 aromatic carbocycles. The van der Waals surface area contributed by atoms with Gasteiger partial charge in [0.1, 0.15) is 0 Å². The van der Waals surface area contributed by atoms with Crippen LogP contribution < -0.4 is 5.32 Å². The molecule has 5 heteroatoms. The van der Waals surface area contributed by atoms with Crippen LogP contribution in [0.5, 0.6) is 0 Å². The van der Waals surface area contributed by atoms with Gasteiger partial charge in [-0.2, -0.15) is 5.26 Å². The fraction of sp³-hybridized carbons (Fsp3) is 0.0667. The molecule has 0 fully saturated rings. The lowest BCUT2D eigenvalue weighted by atomic mass is 10.1. The van der Waals surface area contributed by atoms with Crippen molar-refractivity contribution in [2.45, 2.75) is 6.42 Å². The molecule has 0 aliphatic heterocycles. The van der Waals surface area contributed by atoms with Crippen LogP contribution in [0.25, 0.3) is 0 Å². The highest BCUT2D eigenvalue weighted by molar-refractivity contribution is 6.42. The summed E-state index contributed by atoms with van der Waals surface area (Å²) in [5.41, 5.74) is 1.85. The third-order valence-electron chi connectivity index (χ3n) is 2.65. The Hall–Kier alpha value is -2.02. The van der Waals surface area contributed by atoms with E-state index in [1.807, 2.05) is 6.07 Å². The summed E-state index contributed by atoms with van der Waals surface area (Å²) in [5, 5.41) is 12.2. The Bertz CT molecular complexity index is 693. The van der Waals surface area contributed by atoms with Crippen molar-refractivity contribution in [2.24, 2.45) is 0 Å². The first-order valence-corrected chi connectivity index (χ1v) is 6.58. The molecule has 0 saturated carbocycles. The van der Waals surface area contributed by atoms with Crippen molar-refractivity contribution in [2.75, 3.05) is 5.32 Å². The number of benzene rings is 2. The third-order valence-corrected chi connectivity index (χ3v) is 3.39. The lowest BCUT2D eigenvalue weighted by molar-refractivity contribution is 0.102. The van der Waals surface area contributed by atoms with Gasteiger partial charge in [0, 0.05) is 11.3 Å². The van der Waals surface area contributed by atoms with Crippen molar-refractivity contribution in [3.05, 3.63) is 63.6 Å². The SMILES string of the molecule is N#CCc1cccc(C(=O)Nc2ccc(Cl)c(Cl)c2)c1. The summed E-state index contributed by atoms with van der Waals surface area (Å²) < 4.78 is 0. The molecule has 1 amide bonds. The monoisotopic (exact) mass is 304 g/mol. The molecule has 0 saturated heterocycles. The van der Waals surface area contributed by atoms with Gasteiger partial charge in [-0.25, -0.2) is 0 Å². The quantitative estimate of drug-likeness (QED) is 0.918. The normalized spacial score (nSPS) is 9.85. The lowest BCUT2D eigenvalue weighted by Gasteiger charge is -2.07. The number of amides is 1. The maximum absolute atomic E-state index is 12.1. The average Bonchev–Trinajstić information content (AvgIpc) is 2.43. The number of nitriles is 1. The summed E-state index contributed by atoms with van der Waals surface area (Å²) in [6.45, 7) is 0. The van der Waals surface area contributed by atoms with Gasteiger partial charge in [0.15, 0.2) is 0 Å². The van der Waals surface area contributed by atoms with Crippen molar-refractivity contribution in [3.63, 3.8) is 0 Å². The molecule has 0 spiro atoms. The van der Waals surface area contributed by atoms with Crippen molar-refractivity contribution in [1.82, 2.24) is 0 Å². The van der Waals surface area contributed by atoms with Crippen LogP contribution in [-0.2, 0) is 6.42 Å². The number of carbonyl (C=O) groups is 1. The Morgan fingerprint density at radius 3 is 2.65 bits per heavy atom. The molecule has 0 aliphatic rings. The van der Waals surface area contributed by atoms with E-state index in [2.05, 4.69) is 5.32 Å². The largest absolute Gasteiger partial charge is 0.322 e. The topological polar surface area (TPSA) is 52.9 Å². The van der Waals surface area contributed by atoms with Crippen LogP contribution in [0.3, 0.4) is 0 Å². The van der Waals surface area contributed by atoms with Gasteiger partial charge in [-0.1, -0.05) is 35.3 Å². The molecule has 2 aromatic rings. The molecule has 0 aromatic heterocycles. The Morgan fingerprint density at radius 1 is 1.15 bits per heavy atom. The summed E-state index contributed by atoms with van der Waals surface area (Å²) in [7, 11) is 0. The van der Waals surface area contributed by atoms with Gasteiger partial charge in [0.05, 0.1) is 22.5 Å². The van der Waals surface area contributed by atoms with Gasteiger partial charge in [-0.05, 0) is 35.9 Å². The number of nitrogens with zero attached hydrogens (tertiary/aromatic N) is 1. The molecule has 0 unspecified atom stereocenters. The molecule has 20 heavy (non-hydrogen) atoms. The van der Waals surface area contributed by atoms with E-state index in [0.717, 1.165) is 5.56 Å². The van der Waals surface area contributed by atoms with Crippen LogP contribution in [0.2, 0.25) is 10.0 Å². The van der Waals surface area contributed by atoms with Gasteiger partial charge in [0.25, 0.3) is 5.91 Å². The first-order chi connectivity index (χ1) is 9.60. The van der Waals surface area contributed by atoms with E-state index < -0.39 is 0 Å². The summed E-state index contributed by atoms with van der Waals surface area (Å²) in [4.78, 5) is 12.1. The number of hydrogen-bond donors (Lipinski definition) is 1. The van der Waals surface area contributed by atoms with Crippen LogP contribution >= 0.6 is 23.2 Å². The maximum atomic E-state index is 12.1. The van der Waals surface area contributed by atoms with Gasteiger partial charge >= 0.3 is 0 Å². The third kappa shape index (κ3) is 3.51. The highest BCUT2D eigenvalue weighted by Crippen LogP contribution is 2.25. The molecule has 2 rings (SSSR count). The van der Waals surface area contributed by atoms with Crippen molar-refractivity contribution in [1.29, 1.82) is 5.26 Å². The highest BCUT2D eigenvalue weighted by Gasteiger charge is 2.08. The molecule has 0 bridgehead atoms. The Morgan fingerprint density at radius 2 is 1.95 bits per heavy atom. The number of carbonyl (C=O) groups excluding carboxylic acids is 1. The van der Waals surface area contributed by atoms with Crippen LogP contribution in [0.15, 0.2) is 42.5 Å². The first kappa shape index (κ1) is 14.4. The first-order valence-electron chi connectivity index (χ1n) is 5.82. The van der Waals surface area contributed by atoms with Crippen molar-refractivity contribution in [3.8, 4) is 6.07 Å². The number of anilines is 1. The van der Waals surface area contributed by atoms with Gasteiger partial charge < -0.3 is 5.32 Å². The molecular weight excluding hydrogens is 295 g/mol. The van der Waals surface area contributed by atoms with E-state index in [-0.39, 0.29) is 12.3 Å². The minimum Gasteiger partial charge on any atom is -0.322 e. The molecule has 0 aliphatic carbocycles. The van der Waals surface area contributed by atoms with E-state index in [1.165, 1.54) is 0 Å². The van der Waals surface area contributed by atoms with Crippen LogP contribution in [0.4, 0.5) is 5.69 Å². The minimum atomic E-state index is -0.261. The van der Waals surface area contributed by atoms with Gasteiger partial charge in [0.2, 0.25) is 0 Å². The van der Waals surface area contributed by atoms with E-state index in [1.54, 1.807) is 42.5 Å². The number of nitrogens with one attached hydrogen (secondary N) is 1. The fourth-order valence-corrected chi connectivity index (χ4v) is 1.99. The Labute approximate surface area is 126 Å². The van der Waals surface area contributed by atoms with E-state index in [0.29, 0.717) is 21.3 Å². The second-order valence-electron chi connectivity index (χ2n) is 4.12. The fourth-order valence-electron chi connectivity index (χ4n) is 1.69. The summed E-state index contributed by atoms with van der Waals surface area (Å²) in [5.74, 6) is -0.261. The smallest absolute Gasteiger partial charge is 0.255 e. The predicted octanol–water partition coefficient (Wildman–Crippen LogP) is 4.31. The lowest BCUT2D eigenvalue weighted by Crippen LogP contribution is -2.12. The van der Waals surface area contributed by atoms with Crippen LogP contribution in [0, 0.1) is 11.3 Å². The molecular formula is C15H10Cl2N2O. The maximum Gasteiger partial charge on any atom is 0.255 e. The second kappa shape index (κ2) is 6.42. The van der Waals surface area contributed by atoms with Gasteiger partial charge in [-0.15, -0.1) is 0 Å². The molecule has 3 nitrogen and oxygen atoms in total. The standard InChI is InChI=1S/C15H10Cl2N2O/c16-13-5-4-12(9-14(13)17)19-15(20)11-3-1-2-10(8-11)6-7-18/h1-5,8-9H,6H2,(H,19,20). The molecule has 100 valence electrons.